The van der Waals surface area contributed by atoms with Crippen molar-refractivity contribution in [3.05, 3.63) is 0 Å². The molecular weight excluding hydrogens is 172 g/mol. The first-order valence-electron chi connectivity index (χ1n) is 6.02. The van der Waals surface area contributed by atoms with Crippen molar-refractivity contribution in [1.29, 1.82) is 0 Å². The van der Waals surface area contributed by atoms with Crippen LogP contribution in [0.1, 0.15) is 52.9 Å². The Labute approximate surface area is 87.3 Å². The average Bonchev–Trinajstić information content (AvgIpc) is 2.89. The number of ketones is 1. The second-order valence-corrected chi connectivity index (χ2v) is 6.27. The van der Waals surface area contributed by atoms with Crippen LogP contribution in [0.4, 0.5) is 0 Å². The van der Waals surface area contributed by atoms with E-state index < -0.39 is 0 Å². The smallest absolute Gasteiger partial charge is 0.139 e. The summed E-state index contributed by atoms with van der Waals surface area (Å²) in [6.45, 7) is 6.67. The van der Waals surface area contributed by atoms with Gasteiger partial charge in [-0.1, -0.05) is 33.6 Å². The molecule has 80 valence electrons. The van der Waals surface area contributed by atoms with Gasteiger partial charge in [-0.25, -0.2) is 0 Å². The van der Waals surface area contributed by atoms with Crippen LogP contribution in [0, 0.1) is 23.2 Å². The van der Waals surface area contributed by atoms with Crippen molar-refractivity contribution >= 4 is 5.78 Å². The Balaban J connectivity index is 1.99. The van der Waals surface area contributed by atoms with Gasteiger partial charge in [0.25, 0.3) is 0 Å². The lowest BCUT2D eigenvalue weighted by molar-refractivity contribution is -0.127. The molecule has 0 radical (unpaired) electrons. The fourth-order valence-electron chi connectivity index (χ4n) is 2.24. The molecule has 0 N–H and O–H groups in total. The highest BCUT2D eigenvalue weighted by Crippen LogP contribution is 2.45. The maximum atomic E-state index is 12.1. The van der Waals surface area contributed by atoms with Crippen molar-refractivity contribution in [3.8, 4) is 0 Å². The van der Waals surface area contributed by atoms with Crippen LogP contribution in [0.15, 0.2) is 0 Å². The number of hydrogen-bond donors (Lipinski definition) is 0. The van der Waals surface area contributed by atoms with E-state index in [1.165, 1.54) is 19.3 Å². The molecule has 2 rings (SSSR count). The zero-order valence-corrected chi connectivity index (χ0v) is 9.68. The molecule has 1 unspecified atom stereocenters. The third-order valence-electron chi connectivity index (χ3n) is 3.63. The third kappa shape index (κ3) is 2.37. The fraction of sp³-hybridized carbons (Fsp3) is 0.923. The normalized spacial score (nSPS) is 24.8. The van der Waals surface area contributed by atoms with Crippen LogP contribution in [-0.4, -0.2) is 5.78 Å². The summed E-state index contributed by atoms with van der Waals surface area (Å²) in [4.78, 5) is 12.1. The first-order chi connectivity index (χ1) is 6.48. The van der Waals surface area contributed by atoms with Crippen molar-refractivity contribution in [2.75, 3.05) is 0 Å². The van der Waals surface area contributed by atoms with Gasteiger partial charge in [-0.3, -0.25) is 4.79 Å². The molecule has 0 saturated heterocycles. The highest BCUT2D eigenvalue weighted by Gasteiger charge is 2.42. The molecule has 0 spiro atoms. The van der Waals surface area contributed by atoms with Crippen molar-refractivity contribution in [2.24, 2.45) is 23.2 Å². The molecule has 2 aliphatic carbocycles. The Morgan fingerprint density at radius 3 is 2.14 bits per heavy atom. The number of carbonyl (C=O) groups excluding carboxylic acids is 1. The van der Waals surface area contributed by atoms with Crippen LogP contribution in [-0.2, 0) is 4.79 Å². The fourth-order valence-corrected chi connectivity index (χ4v) is 2.24. The van der Waals surface area contributed by atoms with Gasteiger partial charge in [-0.05, 0) is 30.6 Å². The van der Waals surface area contributed by atoms with Crippen LogP contribution < -0.4 is 0 Å². The molecule has 0 amide bonds. The molecule has 0 aromatic rings. The predicted octanol–water partition coefficient (Wildman–Crippen LogP) is 3.43. The number of carbonyl (C=O) groups is 1. The summed E-state index contributed by atoms with van der Waals surface area (Å²) in [5, 5.41) is 0. The minimum absolute atomic E-state index is 0.183. The highest BCUT2D eigenvalue weighted by molar-refractivity contribution is 5.86. The van der Waals surface area contributed by atoms with E-state index in [1.807, 2.05) is 0 Å². The van der Waals surface area contributed by atoms with Gasteiger partial charge in [0.05, 0.1) is 0 Å². The van der Waals surface area contributed by atoms with E-state index in [2.05, 4.69) is 20.8 Å². The number of rotatable bonds is 4. The number of hydrogen-bond acceptors (Lipinski definition) is 1. The minimum Gasteiger partial charge on any atom is -0.299 e. The maximum absolute atomic E-state index is 12.1. The van der Waals surface area contributed by atoms with Crippen molar-refractivity contribution in [1.82, 2.24) is 0 Å². The molecule has 2 saturated carbocycles. The highest BCUT2D eigenvalue weighted by atomic mass is 16.1. The standard InChI is InChI=1S/C13H22O/c1-13(2,3)11(8-9-4-5-9)12(14)10-6-7-10/h9-11H,4-8H2,1-3H3. The van der Waals surface area contributed by atoms with Gasteiger partial charge >= 0.3 is 0 Å². The summed E-state index contributed by atoms with van der Waals surface area (Å²) in [5.74, 6) is 2.23. The summed E-state index contributed by atoms with van der Waals surface area (Å²) in [7, 11) is 0. The Morgan fingerprint density at radius 1 is 1.21 bits per heavy atom. The molecule has 0 aromatic heterocycles. The first kappa shape index (κ1) is 10.2. The van der Waals surface area contributed by atoms with E-state index in [9.17, 15) is 4.79 Å². The Bertz CT molecular complexity index is 228. The van der Waals surface area contributed by atoms with Gasteiger partial charge in [0.1, 0.15) is 5.78 Å². The van der Waals surface area contributed by atoms with Gasteiger partial charge in [-0.2, -0.15) is 0 Å². The molecule has 1 heteroatoms. The summed E-state index contributed by atoms with van der Waals surface area (Å²) in [5.41, 5.74) is 0.183. The SMILES string of the molecule is CC(C)(C)C(CC1CC1)C(=O)C1CC1. The van der Waals surface area contributed by atoms with Crippen LogP contribution in [0.3, 0.4) is 0 Å². The summed E-state index contributed by atoms with van der Waals surface area (Å²) in [6.07, 6.45) is 6.22. The summed E-state index contributed by atoms with van der Waals surface area (Å²) in [6, 6.07) is 0. The molecule has 14 heavy (non-hydrogen) atoms. The molecule has 0 bridgehead atoms. The maximum Gasteiger partial charge on any atom is 0.139 e. The zero-order valence-electron chi connectivity index (χ0n) is 9.68. The Morgan fingerprint density at radius 2 is 1.79 bits per heavy atom. The largest absolute Gasteiger partial charge is 0.299 e. The molecule has 1 atom stereocenters. The topological polar surface area (TPSA) is 17.1 Å². The van der Waals surface area contributed by atoms with Crippen molar-refractivity contribution in [2.45, 2.75) is 52.9 Å². The quantitative estimate of drug-likeness (QED) is 0.670. The lowest BCUT2D eigenvalue weighted by Gasteiger charge is -2.29. The van der Waals surface area contributed by atoms with E-state index in [4.69, 9.17) is 0 Å². The van der Waals surface area contributed by atoms with E-state index in [0.29, 0.717) is 17.6 Å². The lowest BCUT2D eigenvalue weighted by Crippen LogP contribution is -2.30. The number of Topliss-reactive ketones (excluding diaryl/α,β-unsaturated/α-hetero) is 1. The van der Waals surface area contributed by atoms with Gasteiger partial charge in [0.2, 0.25) is 0 Å². The molecule has 0 aliphatic heterocycles. The molecule has 1 nitrogen and oxygen atoms in total. The van der Waals surface area contributed by atoms with Crippen LogP contribution in [0.2, 0.25) is 0 Å². The zero-order chi connectivity index (χ0) is 10.3. The Hall–Kier alpha value is -0.330. The Kier molecular flexibility index (Phi) is 2.45. The van der Waals surface area contributed by atoms with Gasteiger partial charge in [0, 0.05) is 11.8 Å². The van der Waals surface area contributed by atoms with Crippen LogP contribution >= 0.6 is 0 Å². The van der Waals surface area contributed by atoms with Crippen molar-refractivity contribution in [3.63, 3.8) is 0 Å². The van der Waals surface area contributed by atoms with Gasteiger partial charge in [0.15, 0.2) is 0 Å². The van der Waals surface area contributed by atoms with Crippen molar-refractivity contribution < 1.29 is 4.79 Å². The second-order valence-electron chi connectivity index (χ2n) is 6.27. The molecule has 2 fully saturated rings. The van der Waals surface area contributed by atoms with Crippen LogP contribution in [0.5, 0.6) is 0 Å². The molecule has 0 aromatic carbocycles. The molecular formula is C13H22O. The van der Waals surface area contributed by atoms with E-state index >= 15 is 0 Å². The van der Waals surface area contributed by atoms with E-state index in [0.717, 1.165) is 18.8 Å². The summed E-state index contributed by atoms with van der Waals surface area (Å²) < 4.78 is 0. The van der Waals surface area contributed by atoms with E-state index in [-0.39, 0.29) is 5.41 Å². The predicted molar refractivity (Wildman–Crippen MR) is 58.0 cm³/mol. The molecule has 2 aliphatic rings. The monoisotopic (exact) mass is 194 g/mol. The molecule has 0 heterocycles. The third-order valence-corrected chi connectivity index (χ3v) is 3.63. The second kappa shape index (κ2) is 3.36. The van der Waals surface area contributed by atoms with Gasteiger partial charge in [-0.15, -0.1) is 0 Å². The summed E-state index contributed by atoms with van der Waals surface area (Å²) >= 11 is 0. The first-order valence-corrected chi connectivity index (χ1v) is 6.02. The van der Waals surface area contributed by atoms with E-state index in [1.54, 1.807) is 0 Å². The van der Waals surface area contributed by atoms with Gasteiger partial charge < -0.3 is 0 Å². The van der Waals surface area contributed by atoms with Crippen LogP contribution in [0.25, 0.3) is 0 Å². The lowest BCUT2D eigenvalue weighted by atomic mass is 9.74. The average molecular weight is 194 g/mol. The minimum atomic E-state index is 0.183.